The first-order valence-electron chi connectivity index (χ1n) is 9.09. The molecule has 0 unspecified atom stereocenters. The molecule has 0 radical (unpaired) electrons. The largest absolute Gasteiger partial charge is 0.494 e. The van der Waals surface area contributed by atoms with Crippen molar-refractivity contribution in [3.63, 3.8) is 0 Å². The smallest absolute Gasteiger partial charge is 0.417 e. The highest BCUT2D eigenvalue weighted by molar-refractivity contribution is 7.93. The summed E-state index contributed by atoms with van der Waals surface area (Å²) >= 11 is 5.53. The van der Waals surface area contributed by atoms with Crippen molar-refractivity contribution < 1.29 is 39.1 Å². The molecule has 0 bridgehead atoms. The van der Waals surface area contributed by atoms with Gasteiger partial charge in [-0.05, 0) is 54.6 Å². The van der Waals surface area contributed by atoms with E-state index in [-0.39, 0.29) is 26.9 Å². The summed E-state index contributed by atoms with van der Waals surface area (Å²) < 4.78 is 112. The molecule has 0 amide bonds. The first kappa shape index (κ1) is 25.6. The minimum Gasteiger partial charge on any atom is -0.494 e. The highest BCUT2D eigenvalue weighted by atomic mass is 35.5. The van der Waals surface area contributed by atoms with Crippen molar-refractivity contribution in [2.24, 2.45) is 0 Å². The van der Waals surface area contributed by atoms with Gasteiger partial charge >= 0.3 is 6.18 Å². The SMILES string of the molecule is COc1cc(S(=O)(=O)Nc2ccc(S(=O)(=O)Nc3ccc(Cl)c(C(F)(F)F)c3)cc2)ccc1F. The maximum Gasteiger partial charge on any atom is 0.417 e. The van der Waals surface area contributed by atoms with Crippen LogP contribution in [0.3, 0.4) is 0 Å². The predicted octanol–water partition coefficient (Wildman–Crippen LogP) is 5.11. The van der Waals surface area contributed by atoms with Crippen LogP contribution in [0, 0.1) is 5.82 Å². The monoisotopic (exact) mass is 538 g/mol. The molecule has 0 atom stereocenters. The molecule has 0 spiro atoms. The van der Waals surface area contributed by atoms with E-state index in [1.165, 1.54) is 7.11 Å². The zero-order valence-corrected chi connectivity index (χ0v) is 19.4. The van der Waals surface area contributed by atoms with Crippen LogP contribution < -0.4 is 14.2 Å². The average molecular weight is 539 g/mol. The molecule has 0 saturated heterocycles. The normalized spacial score (nSPS) is 12.3. The minimum atomic E-state index is -4.79. The number of halogens is 5. The molecule has 7 nitrogen and oxygen atoms in total. The Morgan fingerprint density at radius 3 is 1.91 bits per heavy atom. The molecule has 3 aromatic rings. The summed E-state index contributed by atoms with van der Waals surface area (Å²) in [6.07, 6.45) is -4.79. The van der Waals surface area contributed by atoms with Gasteiger partial charge < -0.3 is 4.74 Å². The van der Waals surface area contributed by atoms with Crippen molar-refractivity contribution in [3.05, 3.63) is 77.1 Å². The number of nitrogens with one attached hydrogen (secondary N) is 2. The molecule has 182 valence electrons. The molecular formula is C20H15ClF4N2O5S2. The van der Waals surface area contributed by atoms with Gasteiger partial charge in [-0.25, -0.2) is 21.2 Å². The lowest BCUT2D eigenvalue weighted by molar-refractivity contribution is -0.137. The molecule has 0 heterocycles. The van der Waals surface area contributed by atoms with Crippen LogP contribution in [0.1, 0.15) is 5.56 Å². The van der Waals surface area contributed by atoms with Crippen molar-refractivity contribution in [3.8, 4) is 5.75 Å². The van der Waals surface area contributed by atoms with Gasteiger partial charge in [0.1, 0.15) is 0 Å². The molecule has 0 aliphatic carbocycles. The summed E-state index contributed by atoms with van der Waals surface area (Å²) in [5.74, 6) is -1.04. The van der Waals surface area contributed by atoms with E-state index in [4.69, 9.17) is 16.3 Å². The maximum atomic E-state index is 13.5. The van der Waals surface area contributed by atoms with Crippen molar-refractivity contribution in [1.29, 1.82) is 0 Å². The lowest BCUT2D eigenvalue weighted by Crippen LogP contribution is -2.15. The third-order valence-electron chi connectivity index (χ3n) is 4.37. The number of hydrogen-bond donors (Lipinski definition) is 2. The number of alkyl halides is 3. The Bertz CT molecular complexity index is 1430. The van der Waals surface area contributed by atoms with E-state index >= 15 is 0 Å². The van der Waals surface area contributed by atoms with E-state index < -0.39 is 42.6 Å². The van der Waals surface area contributed by atoms with Crippen LogP contribution in [0.2, 0.25) is 5.02 Å². The van der Waals surface area contributed by atoms with Gasteiger partial charge in [0.25, 0.3) is 20.0 Å². The van der Waals surface area contributed by atoms with Crippen molar-refractivity contribution in [2.45, 2.75) is 16.0 Å². The van der Waals surface area contributed by atoms with E-state index in [2.05, 4.69) is 4.72 Å². The van der Waals surface area contributed by atoms with E-state index in [0.717, 1.165) is 54.6 Å². The van der Waals surface area contributed by atoms with Crippen molar-refractivity contribution in [2.75, 3.05) is 16.6 Å². The van der Waals surface area contributed by atoms with Gasteiger partial charge in [-0.15, -0.1) is 0 Å². The molecule has 3 aromatic carbocycles. The lowest BCUT2D eigenvalue weighted by Gasteiger charge is -2.13. The zero-order valence-electron chi connectivity index (χ0n) is 17.0. The molecular weight excluding hydrogens is 524 g/mol. The van der Waals surface area contributed by atoms with Crippen molar-refractivity contribution >= 4 is 43.0 Å². The van der Waals surface area contributed by atoms with Crippen LogP contribution in [-0.4, -0.2) is 23.9 Å². The Balaban J connectivity index is 1.81. The summed E-state index contributed by atoms with van der Waals surface area (Å²) in [5, 5.41) is -0.592. The molecule has 0 aliphatic rings. The van der Waals surface area contributed by atoms with Gasteiger partial charge in [0, 0.05) is 17.4 Å². The summed E-state index contributed by atoms with van der Waals surface area (Å²) in [7, 11) is -7.30. The summed E-state index contributed by atoms with van der Waals surface area (Å²) in [6.45, 7) is 0. The standard InChI is InChI=1S/C20H15ClF4N2O5S2/c1-32-19-11-15(7-9-18(19)22)34(30,31)26-12-2-5-14(6-3-12)33(28,29)27-13-4-8-17(21)16(10-13)20(23,24)25/h2-11,26-27H,1H3. The molecule has 3 rings (SSSR count). The summed E-state index contributed by atoms with van der Waals surface area (Å²) in [4.78, 5) is -0.644. The minimum absolute atomic E-state index is 0.0203. The zero-order chi connectivity index (χ0) is 25.3. The average Bonchev–Trinajstić information content (AvgIpc) is 2.74. The quantitative estimate of drug-likeness (QED) is 0.407. The number of anilines is 2. The first-order valence-corrected chi connectivity index (χ1v) is 12.4. The Hall–Kier alpha value is -3.03. The fraction of sp³-hybridized carbons (Fsp3) is 0.100. The molecule has 14 heteroatoms. The van der Waals surface area contributed by atoms with E-state index in [1.54, 1.807) is 0 Å². The Morgan fingerprint density at radius 2 is 1.32 bits per heavy atom. The third-order valence-corrected chi connectivity index (χ3v) is 7.48. The van der Waals surface area contributed by atoms with Gasteiger partial charge in [-0.1, -0.05) is 11.6 Å². The molecule has 0 fully saturated rings. The third kappa shape index (κ3) is 5.72. The van der Waals surface area contributed by atoms with Gasteiger partial charge in [-0.3, -0.25) is 9.44 Å². The van der Waals surface area contributed by atoms with Gasteiger partial charge in [-0.2, -0.15) is 13.2 Å². The number of ether oxygens (including phenoxy) is 1. The predicted molar refractivity (Wildman–Crippen MR) is 117 cm³/mol. The van der Waals surface area contributed by atoms with Gasteiger partial charge in [0.15, 0.2) is 11.6 Å². The fourth-order valence-corrected chi connectivity index (χ4v) is 5.09. The van der Waals surface area contributed by atoms with Gasteiger partial charge in [0.2, 0.25) is 0 Å². The van der Waals surface area contributed by atoms with Crippen LogP contribution >= 0.6 is 11.6 Å². The van der Waals surface area contributed by atoms with E-state index in [0.29, 0.717) is 6.07 Å². The Kier molecular flexibility index (Phi) is 7.01. The second kappa shape index (κ2) is 9.31. The Morgan fingerprint density at radius 1 is 0.794 bits per heavy atom. The van der Waals surface area contributed by atoms with E-state index in [1.807, 2.05) is 4.72 Å². The van der Waals surface area contributed by atoms with Crippen LogP contribution in [0.25, 0.3) is 0 Å². The Labute approximate surface area is 197 Å². The molecule has 34 heavy (non-hydrogen) atoms. The van der Waals surface area contributed by atoms with Gasteiger partial charge in [0.05, 0.1) is 27.5 Å². The van der Waals surface area contributed by atoms with Crippen LogP contribution in [0.4, 0.5) is 28.9 Å². The summed E-state index contributed by atoms with van der Waals surface area (Å²) in [6, 6.07) is 9.80. The lowest BCUT2D eigenvalue weighted by atomic mass is 10.2. The van der Waals surface area contributed by atoms with Crippen LogP contribution in [-0.2, 0) is 26.2 Å². The first-order chi connectivity index (χ1) is 15.7. The van der Waals surface area contributed by atoms with Crippen LogP contribution in [0.15, 0.2) is 70.5 Å². The number of benzene rings is 3. The summed E-state index contributed by atoms with van der Waals surface area (Å²) in [5.41, 5.74) is -1.60. The molecule has 0 aliphatic heterocycles. The second-order valence-corrected chi connectivity index (χ2v) is 10.5. The second-order valence-electron chi connectivity index (χ2n) is 6.72. The topological polar surface area (TPSA) is 102 Å². The molecule has 2 N–H and O–H groups in total. The molecule has 0 aromatic heterocycles. The van der Waals surface area contributed by atoms with Crippen LogP contribution in [0.5, 0.6) is 5.75 Å². The number of sulfonamides is 2. The van der Waals surface area contributed by atoms with Crippen molar-refractivity contribution in [1.82, 2.24) is 0 Å². The number of methoxy groups -OCH3 is 1. The number of hydrogen-bond acceptors (Lipinski definition) is 5. The van der Waals surface area contributed by atoms with E-state index in [9.17, 15) is 34.4 Å². The fourth-order valence-electron chi connectivity index (χ4n) is 2.74. The maximum absolute atomic E-state index is 13.5. The number of rotatable bonds is 7. The highest BCUT2D eigenvalue weighted by Gasteiger charge is 2.33. The highest BCUT2D eigenvalue weighted by Crippen LogP contribution is 2.36. The molecule has 0 saturated carbocycles.